The smallest absolute Gasteiger partial charge is 0.172 e. The molecule has 0 aromatic heterocycles. The van der Waals surface area contributed by atoms with Crippen molar-refractivity contribution in [2.45, 2.75) is 13.0 Å². The fraction of sp³-hybridized carbons (Fsp3) is 0.462. The number of nitrogens with one attached hydrogen (secondary N) is 1. The average molecular weight is 316 g/mol. The third kappa shape index (κ3) is 2.63. The molecule has 0 radical (unpaired) electrons. The molecule has 0 spiro atoms. The minimum absolute atomic E-state index is 0.0270. The molecule has 3 nitrogen and oxygen atoms in total. The van der Waals surface area contributed by atoms with Crippen LogP contribution in [0.2, 0.25) is 0 Å². The van der Waals surface area contributed by atoms with Crippen LogP contribution in [-0.2, 0) is 4.74 Å². The molecule has 0 bridgehead atoms. The number of hydrogen-bond acceptors (Lipinski definition) is 3. The number of ketones is 1. The molecule has 1 aromatic rings. The molecule has 2 unspecified atom stereocenters. The Morgan fingerprint density at radius 1 is 1.56 bits per heavy atom. The zero-order chi connectivity index (χ0) is 13.1. The second-order valence-corrected chi connectivity index (χ2v) is 5.13. The van der Waals surface area contributed by atoms with Crippen molar-refractivity contribution in [3.63, 3.8) is 0 Å². The molecule has 0 aliphatic carbocycles. The van der Waals surface area contributed by atoms with Gasteiger partial charge in [0.2, 0.25) is 0 Å². The molecule has 0 saturated carbocycles. The highest BCUT2D eigenvalue weighted by Gasteiger charge is 2.35. The Kier molecular flexibility index (Phi) is 4.48. The number of halogens is 2. The Bertz CT molecular complexity index is 453. The van der Waals surface area contributed by atoms with Gasteiger partial charge in [0.05, 0.1) is 29.2 Å². The largest absolute Gasteiger partial charge is 0.379 e. The second-order valence-electron chi connectivity index (χ2n) is 4.27. The van der Waals surface area contributed by atoms with Gasteiger partial charge in [-0.1, -0.05) is 13.0 Å². The molecule has 98 valence electrons. The van der Waals surface area contributed by atoms with Gasteiger partial charge in [0.15, 0.2) is 5.78 Å². The van der Waals surface area contributed by atoms with Gasteiger partial charge in [-0.15, -0.1) is 0 Å². The Morgan fingerprint density at radius 2 is 2.33 bits per heavy atom. The summed E-state index contributed by atoms with van der Waals surface area (Å²) in [6.07, 6.45) is 0. The number of rotatable bonds is 4. The van der Waals surface area contributed by atoms with Gasteiger partial charge >= 0.3 is 0 Å². The monoisotopic (exact) mass is 315 g/mol. The minimum atomic E-state index is -0.496. The Balaban J connectivity index is 2.23. The maximum Gasteiger partial charge on any atom is 0.172 e. The summed E-state index contributed by atoms with van der Waals surface area (Å²) in [4.78, 5) is 12.3. The molecule has 1 aliphatic heterocycles. The van der Waals surface area contributed by atoms with Crippen LogP contribution >= 0.6 is 15.9 Å². The maximum absolute atomic E-state index is 13.9. The van der Waals surface area contributed by atoms with Crippen molar-refractivity contribution < 1.29 is 13.9 Å². The molecule has 1 aliphatic rings. The van der Waals surface area contributed by atoms with E-state index in [9.17, 15) is 9.18 Å². The zero-order valence-electron chi connectivity index (χ0n) is 10.1. The van der Waals surface area contributed by atoms with Crippen LogP contribution in [0, 0.1) is 11.7 Å². The van der Waals surface area contributed by atoms with Crippen LogP contribution in [0.3, 0.4) is 0 Å². The number of Topliss-reactive ketones (excluding diaryl/α,β-unsaturated/α-hetero) is 1. The van der Waals surface area contributed by atoms with Crippen molar-refractivity contribution >= 4 is 21.7 Å². The summed E-state index contributed by atoms with van der Waals surface area (Å²) in [6.45, 7) is 3.58. The molecule has 1 aromatic carbocycles. The van der Waals surface area contributed by atoms with E-state index in [4.69, 9.17) is 4.74 Å². The van der Waals surface area contributed by atoms with Crippen LogP contribution in [0.25, 0.3) is 0 Å². The second kappa shape index (κ2) is 5.91. The lowest BCUT2D eigenvalue weighted by atomic mass is 9.93. The lowest BCUT2D eigenvalue weighted by Crippen LogP contribution is -2.39. The molecular formula is C13H15BrFNO2. The summed E-state index contributed by atoms with van der Waals surface area (Å²) >= 11 is 3.09. The van der Waals surface area contributed by atoms with Gasteiger partial charge in [-0.05, 0) is 34.6 Å². The van der Waals surface area contributed by atoms with Crippen molar-refractivity contribution in [3.05, 3.63) is 34.1 Å². The van der Waals surface area contributed by atoms with Crippen molar-refractivity contribution in [1.29, 1.82) is 0 Å². The first kappa shape index (κ1) is 13.6. The van der Waals surface area contributed by atoms with Crippen molar-refractivity contribution in [2.75, 3.05) is 19.8 Å². The van der Waals surface area contributed by atoms with E-state index in [0.29, 0.717) is 17.7 Å². The van der Waals surface area contributed by atoms with Crippen LogP contribution in [0.15, 0.2) is 22.7 Å². The van der Waals surface area contributed by atoms with Crippen molar-refractivity contribution in [3.8, 4) is 0 Å². The highest BCUT2D eigenvalue weighted by atomic mass is 79.9. The van der Waals surface area contributed by atoms with Gasteiger partial charge in [0.1, 0.15) is 5.82 Å². The summed E-state index contributed by atoms with van der Waals surface area (Å²) in [5, 5.41) is 3.20. The first-order chi connectivity index (χ1) is 8.65. The normalized spacial score (nSPS) is 23.3. The predicted molar refractivity (Wildman–Crippen MR) is 70.2 cm³/mol. The molecule has 18 heavy (non-hydrogen) atoms. The van der Waals surface area contributed by atoms with E-state index in [-0.39, 0.29) is 23.3 Å². The zero-order valence-corrected chi connectivity index (χ0v) is 11.7. The van der Waals surface area contributed by atoms with Gasteiger partial charge in [0, 0.05) is 6.04 Å². The number of carbonyl (C=O) groups excluding carboxylic acids is 1. The van der Waals surface area contributed by atoms with E-state index in [1.54, 1.807) is 12.1 Å². The molecule has 1 heterocycles. The lowest BCUT2D eigenvalue weighted by Gasteiger charge is -2.17. The predicted octanol–water partition coefficient (Wildman–Crippen LogP) is 2.40. The number of ether oxygens (including phenoxy) is 1. The third-order valence-corrected chi connectivity index (χ3v) is 3.71. The summed E-state index contributed by atoms with van der Waals surface area (Å²) in [7, 11) is 0. The van der Waals surface area contributed by atoms with Gasteiger partial charge in [-0.25, -0.2) is 4.39 Å². The molecule has 1 fully saturated rings. The van der Waals surface area contributed by atoms with E-state index in [0.717, 1.165) is 6.54 Å². The van der Waals surface area contributed by atoms with Crippen LogP contribution in [0.5, 0.6) is 0 Å². The molecule has 1 saturated heterocycles. The van der Waals surface area contributed by atoms with Crippen molar-refractivity contribution in [1.82, 2.24) is 5.32 Å². The van der Waals surface area contributed by atoms with Gasteiger partial charge in [-0.3, -0.25) is 4.79 Å². The van der Waals surface area contributed by atoms with E-state index >= 15 is 0 Å². The molecular weight excluding hydrogens is 301 g/mol. The van der Waals surface area contributed by atoms with Gasteiger partial charge < -0.3 is 10.1 Å². The van der Waals surface area contributed by atoms with Gasteiger partial charge in [-0.2, -0.15) is 0 Å². The first-order valence-corrected chi connectivity index (χ1v) is 6.73. The highest BCUT2D eigenvalue weighted by Crippen LogP contribution is 2.24. The fourth-order valence-corrected chi connectivity index (χ4v) is 2.54. The fourth-order valence-electron chi connectivity index (χ4n) is 2.17. The highest BCUT2D eigenvalue weighted by molar-refractivity contribution is 9.10. The molecule has 5 heteroatoms. The summed E-state index contributed by atoms with van der Waals surface area (Å²) in [5.74, 6) is -1.00. The van der Waals surface area contributed by atoms with E-state index < -0.39 is 5.82 Å². The third-order valence-electron chi connectivity index (χ3n) is 3.10. The Labute approximate surface area is 114 Å². The van der Waals surface area contributed by atoms with Crippen LogP contribution in [0.1, 0.15) is 17.3 Å². The van der Waals surface area contributed by atoms with Crippen molar-refractivity contribution in [2.24, 2.45) is 5.92 Å². The number of likely N-dealkylation sites (N-methyl/N-ethyl adjacent to an activating group) is 1. The number of hydrogen-bond donors (Lipinski definition) is 1. The number of benzene rings is 1. The molecule has 2 atom stereocenters. The SMILES string of the molecule is CCNC1COCC1C(=O)c1cccc(Br)c1F. The summed E-state index contributed by atoms with van der Waals surface area (Å²) in [5.41, 5.74) is 0.128. The summed E-state index contributed by atoms with van der Waals surface area (Å²) < 4.78 is 19.5. The van der Waals surface area contributed by atoms with E-state index in [1.807, 2.05) is 6.92 Å². The lowest BCUT2D eigenvalue weighted by molar-refractivity contribution is 0.0887. The van der Waals surface area contributed by atoms with Crippen LogP contribution in [-0.4, -0.2) is 31.6 Å². The number of carbonyl (C=O) groups is 1. The minimum Gasteiger partial charge on any atom is -0.379 e. The van der Waals surface area contributed by atoms with Crippen LogP contribution < -0.4 is 5.32 Å². The van der Waals surface area contributed by atoms with E-state index in [2.05, 4.69) is 21.2 Å². The maximum atomic E-state index is 13.9. The van der Waals surface area contributed by atoms with Gasteiger partial charge in [0.25, 0.3) is 0 Å². The standard InChI is InChI=1S/C13H15BrFNO2/c1-2-16-11-7-18-6-9(11)13(17)8-4-3-5-10(14)12(8)15/h3-5,9,11,16H,2,6-7H2,1H3. The molecule has 0 amide bonds. The van der Waals surface area contributed by atoms with E-state index in [1.165, 1.54) is 6.07 Å². The first-order valence-electron chi connectivity index (χ1n) is 5.94. The topological polar surface area (TPSA) is 38.3 Å². The molecule has 1 N–H and O–H groups in total. The Hall–Kier alpha value is -0.780. The summed E-state index contributed by atoms with van der Waals surface area (Å²) in [6, 6.07) is 4.74. The average Bonchev–Trinajstić information content (AvgIpc) is 2.80. The quantitative estimate of drug-likeness (QED) is 0.867. The van der Waals surface area contributed by atoms with Crippen LogP contribution in [0.4, 0.5) is 4.39 Å². The molecule has 2 rings (SSSR count). The Morgan fingerprint density at radius 3 is 3.06 bits per heavy atom.